The van der Waals surface area contributed by atoms with Crippen LogP contribution in [0.1, 0.15) is 43.2 Å². The van der Waals surface area contributed by atoms with Crippen LogP contribution in [0.3, 0.4) is 0 Å². The maximum atomic E-state index is 13.4. The van der Waals surface area contributed by atoms with Gasteiger partial charge in [0.25, 0.3) is 5.91 Å². The van der Waals surface area contributed by atoms with Crippen molar-refractivity contribution in [2.24, 2.45) is 0 Å². The van der Waals surface area contributed by atoms with E-state index in [9.17, 15) is 9.18 Å². The summed E-state index contributed by atoms with van der Waals surface area (Å²) in [5.41, 5.74) is 1.76. The zero-order chi connectivity index (χ0) is 22.7. The molecule has 0 radical (unpaired) electrons. The van der Waals surface area contributed by atoms with Gasteiger partial charge in [0.1, 0.15) is 18.1 Å². The van der Waals surface area contributed by atoms with Crippen molar-refractivity contribution >= 4 is 40.9 Å². The van der Waals surface area contributed by atoms with Crippen molar-refractivity contribution in [2.75, 3.05) is 7.11 Å². The molecule has 1 saturated heterocycles. The lowest BCUT2D eigenvalue weighted by molar-refractivity contribution is -0.124. The number of hydrogen-bond donors (Lipinski definition) is 1. The number of carbonyl (C=O) groups is 1. The van der Waals surface area contributed by atoms with Gasteiger partial charge in [-0.2, -0.15) is 0 Å². The highest BCUT2D eigenvalue weighted by molar-refractivity contribution is 7.80. The summed E-state index contributed by atoms with van der Waals surface area (Å²) in [5.74, 6) is 0.312. The summed E-state index contributed by atoms with van der Waals surface area (Å²) in [6.45, 7) is 0.138. The number of carbonyl (C=O) groups excluding carboxylic acids is 1. The van der Waals surface area contributed by atoms with Crippen LogP contribution in [0.25, 0.3) is 6.08 Å². The molecule has 1 aliphatic heterocycles. The maximum Gasteiger partial charge on any atom is 0.276 e. The molecule has 2 fully saturated rings. The number of halogens is 2. The lowest BCUT2D eigenvalue weighted by atomic mass is 9.94. The van der Waals surface area contributed by atoms with Crippen LogP contribution in [-0.4, -0.2) is 29.1 Å². The molecule has 2 aromatic rings. The van der Waals surface area contributed by atoms with Crippen LogP contribution in [0.5, 0.6) is 11.5 Å². The third-order valence-corrected chi connectivity index (χ3v) is 6.26. The summed E-state index contributed by atoms with van der Waals surface area (Å²) in [7, 11) is 1.51. The fourth-order valence-electron chi connectivity index (χ4n) is 4.13. The number of rotatable bonds is 6. The van der Waals surface area contributed by atoms with Gasteiger partial charge in [-0.25, -0.2) is 4.39 Å². The summed E-state index contributed by atoms with van der Waals surface area (Å²) in [4.78, 5) is 14.7. The molecule has 2 aliphatic rings. The molecule has 0 bridgehead atoms. The molecule has 1 amide bonds. The van der Waals surface area contributed by atoms with Crippen molar-refractivity contribution in [3.8, 4) is 11.5 Å². The van der Waals surface area contributed by atoms with Crippen molar-refractivity contribution < 1.29 is 18.7 Å². The molecule has 2 aromatic carbocycles. The Bertz CT molecular complexity index is 1070. The molecule has 5 nitrogen and oxygen atoms in total. The summed E-state index contributed by atoms with van der Waals surface area (Å²) in [5, 5.41) is 3.81. The highest BCUT2D eigenvalue weighted by atomic mass is 35.5. The Kier molecular flexibility index (Phi) is 6.96. The molecule has 1 aliphatic carbocycles. The monoisotopic (exact) mass is 474 g/mol. The Balaban J connectivity index is 1.54. The van der Waals surface area contributed by atoms with Gasteiger partial charge in [0.05, 0.1) is 12.1 Å². The summed E-state index contributed by atoms with van der Waals surface area (Å²) in [6, 6.07) is 9.74. The van der Waals surface area contributed by atoms with E-state index >= 15 is 0 Å². The van der Waals surface area contributed by atoms with E-state index in [0.717, 1.165) is 25.7 Å². The topological polar surface area (TPSA) is 50.8 Å². The van der Waals surface area contributed by atoms with Crippen LogP contribution in [0.15, 0.2) is 42.1 Å². The molecule has 0 spiro atoms. The Morgan fingerprint density at radius 1 is 1.25 bits per heavy atom. The van der Waals surface area contributed by atoms with Crippen molar-refractivity contribution in [2.45, 2.75) is 44.8 Å². The normalized spacial score (nSPS) is 18.2. The molecule has 4 rings (SSSR count). The quantitative estimate of drug-likeness (QED) is 0.445. The van der Waals surface area contributed by atoms with Crippen LogP contribution in [0, 0.1) is 5.82 Å². The van der Waals surface area contributed by atoms with Gasteiger partial charge < -0.3 is 14.8 Å². The number of benzene rings is 2. The van der Waals surface area contributed by atoms with Gasteiger partial charge >= 0.3 is 0 Å². The van der Waals surface area contributed by atoms with Gasteiger partial charge in [-0.15, -0.1) is 0 Å². The Morgan fingerprint density at radius 3 is 2.75 bits per heavy atom. The van der Waals surface area contributed by atoms with E-state index in [1.54, 1.807) is 35.2 Å². The van der Waals surface area contributed by atoms with E-state index in [1.807, 2.05) is 0 Å². The molecule has 0 unspecified atom stereocenters. The molecular weight excluding hydrogens is 451 g/mol. The first-order valence-corrected chi connectivity index (χ1v) is 11.4. The van der Waals surface area contributed by atoms with Crippen LogP contribution < -0.4 is 14.8 Å². The zero-order valence-electron chi connectivity index (χ0n) is 17.7. The molecule has 168 valence electrons. The second kappa shape index (κ2) is 9.88. The second-order valence-corrected chi connectivity index (χ2v) is 8.70. The fraction of sp³-hybridized carbons (Fsp3) is 0.333. The minimum absolute atomic E-state index is 0.122. The van der Waals surface area contributed by atoms with Crippen molar-refractivity contribution in [3.05, 3.63) is 64.1 Å². The number of hydrogen-bond acceptors (Lipinski definition) is 4. The van der Waals surface area contributed by atoms with Crippen LogP contribution in [0.4, 0.5) is 4.39 Å². The van der Waals surface area contributed by atoms with E-state index in [2.05, 4.69) is 5.32 Å². The largest absolute Gasteiger partial charge is 0.493 e. The van der Waals surface area contributed by atoms with E-state index < -0.39 is 0 Å². The molecule has 1 N–H and O–H groups in total. The highest BCUT2D eigenvalue weighted by Crippen LogP contribution is 2.38. The molecule has 32 heavy (non-hydrogen) atoms. The van der Waals surface area contributed by atoms with Crippen LogP contribution in [-0.2, 0) is 11.4 Å². The van der Waals surface area contributed by atoms with Crippen LogP contribution >= 0.6 is 23.8 Å². The van der Waals surface area contributed by atoms with Gasteiger partial charge in [0, 0.05) is 6.04 Å². The number of methoxy groups -OCH3 is 1. The minimum Gasteiger partial charge on any atom is -0.493 e. The van der Waals surface area contributed by atoms with E-state index in [4.69, 9.17) is 33.3 Å². The molecular formula is C24H24ClFN2O3S. The van der Waals surface area contributed by atoms with E-state index in [0.29, 0.717) is 38.5 Å². The van der Waals surface area contributed by atoms with Crippen molar-refractivity contribution in [1.29, 1.82) is 0 Å². The lowest BCUT2D eigenvalue weighted by Crippen LogP contribution is -2.41. The van der Waals surface area contributed by atoms with Gasteiger partial charge in [-0.3, -0.25) is 9.69 Å². The lowest BCUT2D eigenvalue weighted by Gasteiger charge is -2.29. The maximum absolute atomic E-state index is 13.4. The molecule has 1 heterocycles. The SMILES string of the molecule is COc1cc(/C=C2\NC(=S)N(C3CCCCC3)C2=O)cc(Cl)c1OCc1cccc(F)c1. The molecule has 8 heteroatoms. The number of ether oxygens (including phenoxy) is 2. The zero-order valence-corrected chi connectivity index (χ0v) is 19.3. The first-order chi connectivity index (χ1) is 15.5. The average molecular weight is 475 g/mol. The first-order valence-electron chi connectivity index (χ1n) is 10.6. The van der Waals surface area contributed by atoms with E-state index in [-0.39, 0.29) is 24.4 Å². The number of nitrogens with one attached hydrogen (secondary N) is 1. The minimum atomic E-state index is -0.333. The standard InChI is InChI=1S/C24H24ClFN2O3S/c1-30-21-13-16(11-19(25)22(21)31-14-15-6-5-7-17(26)10-15)12-20-23(29)28(24(32)27-20)18-8-3-2-4-9-18/h5-7,10-13,18H,2-4,8-9,14H2,1H3,(H,27,32)/b20-12-. The molecule has 0 aromatic heterocycles. The third-order valence-electron chi connectivity index (χ3n) is 5.68. The van der Waals surface area contributed by atoms with Gasteiger partial charge in [0.15, 0.2) is 16.6 Å². The number of nitrogens with zero attached hydrogens (tertiary/aromatic N) is 1. The second-order valence-electron chi connectivity index (χ2n) is 7.91. The first kappa shape index (κ1) is 22.6. The Labute approximate surface area is 197 Å². The summed E-state index contributed by atoms with van der Waals surface area (Å²) in [6.07, 6.45) is 7.07. The fourth-order valence-corrected chi connectivity index (χ4v) is 4.75. The summed E-state index contributed by atoms with van der Waals surface area (Å²) < 4.78 is 24.7. The number of thiocarbonyl (C=S) groups is 1. The highest BCUT2D eigenvalue weighted by Gasteiger charge is 2.36. The molecule has 1 saturated carbocycles. The predicted octanol–water partition coefficient (Wildman–Crippen LogP) is 5.46. The van der Waals surface area contributed by atoms with E-state index in [1.165, 1.54) is 25.7 Å². The van der Waals surface area contributed by atoms with Crippen LogP contribution in [0.2, 0.25) is 5.02 Å². The van der Waals surface area contributed by atoms with Gasteiger partial charge in [-0.05, 0) is 66.5 Å². The van der Waals surface area contributed by atoms with Crippen molar-refractivity contribution in [1.82, 2.24) is 10.2 Å². The summed E-state index contributed by atoms with van der Waals surface area (Å²) >= 11 is 11.9. The number of amides is 1. The molecule has 0 atom stereocenters. The average Bonchev–Trinajstić information content (AvgIpc) is 3.06. The van der Waals surface area contributed by atoms with Gasteiger partial charge in [-0.1, -0.05) is 43.0 Å². The van der Waals surface area contributed by atoms with Crippen molar-refractivity contribution in [3.63, 3.8) is 0 Å². The van der Waals surface area contributed by atoms with Gasteiger partial charge in [0.2, 0.25) is 0 Å². The Hall–Kier alpha value is -2.64. The Morgan fingerprint density at radius 2 is 2.03 bits per heavy atom. The predicted molar refractivity (Wildman–Crippen MR) is 126 cm³/mol. The smallest absolute Gasteiger partial charge is 0.276 e. The third kappa shape index (κ3) is 4.89.